The number of pyridine rings is 1. The van der Waals surface area contributed by atoms with Crippen molar-refractivity contribution in [1.29, 1.82) is 0 Å². The first-order valence-corrected chi connectivity index (χ1v) is 16.4. The lowest BCUT2D eigenvalue weighted by molar-refractivity contribution is -0.138. The predicted molar refractivity (Wildman–Crippen MR) is 173 cm³/mol. The molecule has 0 saturated carbocycles. The van der Waals surface area contributed by atoms with Crippen molar-refractivity contribution in [3.8, 4) is 17.0 Å². The average molecular weight is 652 g/mol. The van der Waals surface area contributed by atoms with Gasteiger partial charge in [-0.05, 0) is 12.8 Å². The molecule has 1 aromatic heterocycles. The maximum atomic E-state index is 13.7. The number of amides is 4. The zero-order chi connectivity index (χ0) is 33.8. The van der Waals surface area contributed by atoms with Gasteiger partial charge in [-0.3, -0.25) is 19.2 Å². The Labute approximate surface area is 275 Å². The van der Waals surface area contributed by atoms with E-state index in [1.54, 1.807) is 22.8 Å². The van der Waals surface area contributed by atoms with E-state index in [4.69, 9.17) is 9.47 Å². The minimum atomic E-state index is -1.12. The van der Waals surface area contributed by atoms with Crippen molar-refractivity contribution in [3.63, 3.8) is 0 Å². The standard InChI is InChI=1S/C34H45N5O8/c1-3-4-8-21-46-34(45)39-19-17-38(18-20-39)33(44)28(11-12-31(41)42)36-32(43)30-23-27(22-29(35-30)25-9-6-5-7-10-25)47-26-13-15-37(16-14-26)24(2)40/h5-7,9-10,22-23,26,28H,3-4,8,11-21H2,1-2H3,(H,36,43)(H,41,42)/t28-/m0/s1. The number of carboxylic acid groups (broad SMARTS) is 1. The van der Waals surface area contributed by atoms with Crippen molar-refractivity contribution in [2.45, 2.75) is 70.9 Å². The Morgan fingerprint density at radius 3 is 2.26 bits per heavy atom. The molecular weight excluding hydrogens is 606 g/mol. The van der Waals surface area contributed by atoms with Crippen LogP contribution in [0.15, 0.2) is 42.5 Å². The third-order valence-corrected chi connectivity index (χ3v) is 8.36. The maximum absolute atomic E-state index is 13.7. The van der Waals surface area contributed by atoms with E-state index in [0.29, 0.717) is 44.0 Å². The van der Waals surface area contributed by atoms with Gasteiger partial charge in [0, 0.05) is 83.2 Å². The number of nitrogens with zero attached hydrogens (tertiary/aromatic N) is 4. The molecule has 13 nitrogen and oxygen atoms in total. The Kier molecular flexibility index (Phi) is 12.9. The number of carboxylic acids is 1. The van der Waals surface area contributed by atoms with Crippen molar-refractivity contribution in [3.05, 3.63) is 48.2 Å². The number of carbonyl (C=O) groups excluding carboxylic acids is 4. The van der Waals surface area contributed by atoms with E-state index in [1.165, 1.54) is 11.0 Å². The molecule has 254 valence electrons. The summed E-state index contributed by atoms with van der Waals surface area (Å²) in [4.78, 5) is 72.3. The molecule has 0 bridgehead atoms. The molecule has 2 aliphatic heterocycles. The highest BCUT2D eigenvalue weighted by Gasteiger charge is 2.31. The highest BCUT2D eigenvalue weighted by Crippen LogP contribution is 2.26. The van der Waals surface area contributed by atoms with Crippen LogP contribution in [0.4, 0.5) is 4.79 Å². The van der Waals surface area contributed by atoms with Crippen LogP contribution in [-0.2, 0) is 19.1 Å². The number of nitrogens with one attached hydrogen (secondary N) is 1. The van der Waals surface area contributed by atoms with Gasteiger partial charge in [-0.15, -0.1) is 0 Å². The van der Waals surface area contributed by atoms with Gasteiger partial charge in [-0.1, -0.05) is 50.1 Å². The van der Waals surface area contributed by atoms with E-state index in [1.807, 2.05) is 30.3 Å². The summed E-state index contributed by atoms with van der Waals surface area (Å²) in [5.41, 5.74) is 1.28. The number of likely N-dealkylation sites (tertiary alicyclic amines) is 1. The molecule has 0 aliphatic carbocycles. The summed E-state index contributed by atoms with van der Waals surface area (Å²) in [5.74, 6) is -1.72. The molecule has 4 rings (SSSR count). The van der Waals surface area contributed by atoms with E-state index in [0.717, 1.165) is 24.8 Å². The molecule has 13 heteroatoms. The third kappa shape index (κ3) is 10.4. The summed E-state index contributed by atoms with van der Waals surface area (Å²) in [7, 11) is 0. The van der Waals surface area contributed by atoms with Crippen LogP contribution in [0.2, 0.25) is 0 Å². The molecule has 3 heterocycles. The second kappa shape index (κ2) is 17.3. The van der Waals surface area contributed by atoms with Crippen LogP contribution in [0.1, 0.15) is 69.3 Å². The van der Waals surface area contributed by atoms with Gasteiger partial charge in [-0.25, -0.2) is 9.78 Å². The van der Waals surface area contributed by atoms with Crippen LogP contribution in [-0.4, -0.2) is 113 Å². The number of aliphatic carboxylic acids is 1. The molecule has 2 aliphatic rings. The van der Waals surface area contributed by atoms with E-state index < -0.39 is 29.9 Å². The monoisotopic (exact) mass is 651 g/mol. The number of ether oxygens (including phenoxy) is 2. The van der Waals surface area contributed by atoms with Gasteiger partial charge >= 0.3 is 12.1 Å². The van der Waals surface area contributed by atoms with E-state index in [2.05, 4.69) is 17.2 Å². The quantitative estimate of drug-likeness (QED) is 0.309. The number of hydrogen-bond acceptors (Lipinski definition) is 8. The highest BCUT2D eigenvalue weighted by atomic mass is 16.6. The third-order valence-electron chi connectivity index (χ3n) is 8.36. The second-order valence-electron chi connectivity index (χ2n) is 11.9. The van der Waals surface area contributed by atoms with Crippen LogP contribution in [0.3, 0.4) is 0 Å². The van der Waals surface area contributed by atoms with Crippen LogP contribution in [0, 0.1) is 0 Å². The minimum absolute atomic E-state index is 0.0197. The summed E-state index contributed by atoms with van der Waals surface area (Å²) in [6.07, 6.45) is 3.04. The Hall–Kier alpha value is -4.68. The number of piperidine rings is 1. The van der Waals surface area contributed by atoms with Crippen molar-refractivity contribution in [2.75, 3.05) is 45.9 Å². The van der Waals surface area contributed by atoms with Crippen LogP contribution < -0.4 is 10.1 Å². The molecule has 1 aromatic carbocycles. The molecule has 2 saturated heterocycles. The molecule has 2 aromatic rings. The van der Waals surface area contributed by atoms with Gasteiger partial charge in [-0.2, -0.15) is 0 Å². The number of aromatic nitrogens is 1. The fourth-order valence-corrected chi connectivity index (χ4v) is 5.62. The molecule has 47 heavy (non-hydrogen) atoms. The lowest BCUT2D eigenvalue weighted by Gasteiger charge is -2.36. The molecular formula is C34H45N5O8. The molecule has 0 spiro atoms. The normalized spacial score (nSPS) is 15.9. The van der Waals surface area contributed by atoms with Crippen molar-refractivity contribution in [2.24, 2.45) is 0 Å². The molecule has 4 amide bonds. The van der Waals surface area contributed by atoms with E-state index >= 15 is 0 Å². The Bertz CT molecular complexity index is 1390. The number of piperazine rings is 1. The molecule has 2 fully saturated rings. The van der Waals surface area contributed by atoms with Crippen LogP contribution >= 0.6 is 0 Å². The van der Waals surface area contributed by atoms with Gasteiger partial charge in [0.2, 0.25) is 11.8 Å². The zero-order valence-corrected chi connectivity index (χ0v) is 27.2. The van der Waals surface area contributed by atoms with Gasteiger partial charge < -0.3 is 34.6 Å². The number of benzene rings is 1. The lowest BCUT2D eigenvalue weighted by Crippen LogP contribution is -2.56. The number of unbranched alkanes of at least 4 members (excludes halogenated alkanes) is 2. The second-order valence-corrected chi connectivity index (χ2v) is 11.9. The largest absolute Gasteiger partial charge is 0.490 e. The van der Waals surface area contributed by atoms with Crippen molar-refractivity contribution >= 4 is 29.8 Å². The minimum Gasteiger partial charge on any atom is -0.490 e. The first-order chi connectivity index (χ1) is 22.6. The van der Waals surface area contributed by atoms with Crippen LogP contribution in [0.5, 0.6) is 5.75 Å². The van der Waals surface area contributed by atoms with Gasteiger partial charge in [0.25, 0.3) is 5.91 Å². The average Bonchev–Trinajstić information content (AvgIpc) is 3.08. The first kappa shape index (κ1) is 35.2. The Balaban J connectivity index is 1.46. The fourth-order valence-electron chi connectivity index (χ4n) is 5.62. The Morgan fingerprint density at radius 1 is 0.936 bits per heavy atom. The number of hydrogen-bond donors (Lipinski definition) is 2. The number of carbonyl (C=O) groups is 5. The topological polar surface area (TPSA) is 159 Å². The summed E-state index contributed by atoms with van der Waals surface area (Å²) in [6.45, 7) is 6.10. The molecule has 1 atom stereocenters. The summed E-state index contributed by atoms with van der Waals surface area (Å²) in [6, 6.07) is 11.5. The first-order valence-electron chi connectivity index (χ1n) is 16.4. The fraction of sp³-hybridized carbons (Fsp3) is 0.529. The summed E-state index contributed by atoms with van der Waals surface area (Å²) < 4.78 is 11.6. The summed E-state index contributed by atoms with van der Waals surface area (Å²) in [5, 5.41) is 12.1. The van der Waals surface area contributed by atoms with Crippen molar-refractivity contribution in [1.82, 2.24) is 25.0 Å². The molecule has 0 radical (unpaired) electrons. The molecule has 2 N–H and O–H groups in total. The maximum Gasteiger partial charge on any atom is 0.409 e. The number of rotatable bonds is 13. The Morgan fingerprint density at radius 2 is 1.62 bits per heavy atom. The van der Waals surface area contributed by atoms with Gasteiger partial charge in [0.05, 0.1) is 12.3 Å². The van der Waals surface area contributed by atoms with Crippen molar-refractivity contribution < 1.29 is 38.6 Å². The predicted octanol–water partition coefficient (Wildman–Crippen LogP) is 3.57. The molecule has 0 unspecified atom stereocenters. The van der Waals surface area contributed by atoms with E-state index in [9.17, 15) is 29.1 Å². The smallest absolute Gasteiger partial charge is 0.409 e. The van der Waals surface area contributed by atoms with E-state index in [-0.39, 0.29) is 56.7 Å². The van der Waals surface area contributed by atoms with Gasteiger partial charge in [0.1, 0.15) is 23.6 Å². The lowest BCUT2D eigenvalue weighted by atomic mass is 10.1. The highest BCUT2D eigenvalue weighted by molar-refractivity contribution is 5.97. The zero-order valence-electron chi connectivity index (χ0n) is 27.2. The van der Waals surface area contributed by atoms with Gasteiger partial charge in [0.15, 0.2) is 0 Å². The van der Waals surface area contributed by atoms with Crippen LogP contribution in [0.25, 0.3) is 11.3 Å². The SMILES string of the molecule is CCCCCOC(=O)N1CCN(C(=O)[C@H](CCC(=O)O)NC(=O)c2cc(OC3CCN(C(C)=O)CC3)cc(-c3ccccc3)n2)CC1. The summed E-state index contributed by atoms with van der Waals surface area (Å²) >= 11 is 0.